The van der Waals surface area contributed by atoms with Gasteiger partial charge in [-0.05, 0) is 54.7 Å². The number of aromatic nitrogens is 2. The molecule has 0 radical (unpaired) electrons. The number of hydrogen-bond acceptors (Lipinski definition) is 2. The lowest BCUT2D eigenvalue weighted by molar-refractivity contribution is -0.140. The maximum Gasteiger partial charge on any atom is 0.419 e. The van der Waals surface area contributed by atoms with Crippen molar-refractivity contribution in [2.24, 2.45) is 0 Å². The first-order chi connectivity index (χ1) is 13.3. The van der Waals surface area contributed by atoms with Crippen molar-refractivity contribution in [3.05, 3.63) is 65.2 Å². The van der Waals surface area contributed by atoms with Gasteiger partial charge in [0.25, 0.3) is 5.91 Å². The Hall–Kier alpha value is -2.90. The fourth-order valence-electron chi connectivity index (χ4n) is 3.77. The van der Waals surface area contributed by atoms with E-state index in [2.05, 4.69) is 9.97 Å². The number of nitrogens with one attached hydrogen (secondary N) is 1. The summed E-state index contributed by atoms with van der Waals surface area (Å²) in [5.41, 5.74) is 0.531. The van der Waals surface area contributed by atoms with E-state index in [1.165, 1.54) is 0 Å². The summed E-state index contributed by atoms with van der Waals surface area (Å²) in [7, 11) is 0. The van der Waals surface area contributed by atoms with Crippen LogP contribution < -0.4 is 0 Å². The number of piperidine rings is 1. The number of amides is 1. The number of likely N-dealkylation sites (tertiary alicyclic amines) is 1. The number of rotatable bonds is 2. The highest BCUT2D eigenvalue weighted by atomic mass is 19.4. The molecule has 146 valence electrons. The standard InChI is InChI=1S/C20H17F4N3O/c21-17-10-13(3-4-16(17)20(22,23)24)19(28)27-8-5-12(6-9-27)15-11-26-18-14(15)2-1-7-25-18/h1-4,7,10-12H,5-6,8-9H2,(H,25,26). The third kappa shape index (κ3) is 3.34. The first kappa shape index (κ1) is 18.5. The van der Waals surface area contributed by atoms with E-state index >= 15 is 0 Å². The Balaban J connectivity index is 1.46. The number of nitrogens with zero attached hydrogens (tertiary/aromatic N) is 2. The van der Waals surface area contributed by atoms with Gasteiger partial charge in [-0.25, -0.2) is 9.37 Å². The molecule has 0 saturated carbocycles. The van der Waals surface area contributed by atoms with E-state index in [9.17, 15) is 22.4 Å². The van der Waals surface area contributed by atoms with Crippen molar-refractivity contribution in [1.29, 1.82) is 0 Å². The molecule has 3 aromatic rings. The number of alkyl halides is 3. The van der Waals surface area contributed by atoms with Gasteiger partial charge in [-0.3, -0.25) is 4.79 Å². The van der Waals surface area contributed by atoms with Crippen molar-refractivity contribution in [3.8, 4) is 0 Å². The molecule has 1 saturated heterocycles. The summed E-state index contributed by atoms with van der Waals surface area (Å²) in [6.45, 7) is 0.915. The fourth-order valence-corrected chi connectivity index (χ4v) is 3.77. The monoisotopic (exact) mass is 391 g/mol. The lowest BCUT2D eigenvalue weighted by Gasteiger charge is -2.32. The van der Waals surface area contributed by atoms with Crippen LogP contribution in [0.25, 0.3) is 11.0 Å². The maximum atomic E-state index is 13.8. The molecule has 1 amide bonds. The minimum Gasteiger partial charge on any atom is -0.346 e. The van der Waals surface area contributed by atoms with Crippen LogP contribution >= 0.6 is 0 Å². The highest BCUT2D eigenvalue weighted by Crippen LogP contribution is 2.34. The van der Waals surface area contributed by atoms with E-state index in [0.29, 0.717) is 25.2 Å². The lowest BCUT2D eigenvalue weighted by Crippen LogP contribution is -2.38. The minimum atomic E-state index is -4.78. The zero-order valence-corrected chi connectivity index (χ0v) is 14.8. The molecule has 4 nitrogen and oxygen atoms in total. The highest BCUT2D eigenvalue weighted by molar-refractivity contribution is 5.94. The molecule has 0 spiro atoms. The normalized spacial score (nSPS) is 15.9. The zero-order valence-electron chi connectivity index (χ0n) is 14.8. The molecular weight excluding hydrogens is 374 g/mol. The molecule has 8 heteroatoms. The Labute approximate surface area is 158 Å². The number of H-pyrrole nitrogens is 1. The molecule has 1 fully saturated rings. The lowest BCUT2D eigenvalue weighted by atomic mass is 9.89. The van der Waals surface area contributed by atoms with Gasteiger partial charge in [0, 0.05) is 36.4 Å². The van der Waals surface area contributed by atoms with Crippen LogP contribution in [0, 0.1) is 5.82 Å². The Bertz CT molecular complexity index is 1020. The molecule has 1 aliphatic rings. The summed E-state index contributed by atoms with van der Waals surface area (Å²) in [5, 5.41) is 1.05. The minimum absolute atomic E-state index is 0.0692. The van der Waals surface area contributed by atoms with Crippen molar-refractivity contribution < 1.29 is 22.4 Å². The largest absolute Gasteiger partial charge is 0.419 e. The molecule has 0 atom stereocenters. The molecule has 0 bridgehead atoms. The predicted octanol–water partition coefficient (Wildman–Crippen LogP) is 4.74. The summed E-state index contributed by atoms with van der Waals surface area (Å²) in [6.07, 6.45) is 0.309. The van der Waals surface area contributed by atoms with Gasteiger partial charge in [0.2, 0.25) is 0 Å². The summed E-state index contributed by atoms with van der Waals surface area (Å²) in [5.74, 6) is -1.63. The van der Waals surface area contributed by atoms with Crippen molar-refractivity contribution in [2.75, 3.05) is 13.1 Å². The van der Waals surface area contributed by atoms with Crippen LogP contribution in [0.2, 0.25) is 0 Å². The predicted molar refractivity (Wildman–Crippen MR) is 95.4 cm³/mol. The Kier molecular flexibility index (Phi) is 4.56. The van der Waals surface area contributed by atoms with Crippen molar-refractivity contribution in [3.63, 3.8) is 0 Å². The molecule has 2 aromatic heterocycles. The van der Waals surface area contributed by atoms with Crippen molar-refractivity contribution in [2.45, 2.75) is 24.9 Å². The first-order valence-corrected chi connectivity index (χ1v) is 8.92. The Morgan fingerprint density at radius 2 is 1.93 bits per heavy atom. The van der Waals surface area contributed by atoms with Crippen LogP contribution in [-0.4, -0.2) is 33.9 Å². The van der Waals surface area contributed by atoms with Gasteiger partial charge in [-0.2, -0.15) is 13.2 Å². The SMILES string of the molecule is O=C(c1ccc(C(F)(F)F)c(F)c1)N1CCC(c2c[nH]c3ncccc23)CC1. The number of fused-ring (bicyclic) bond motifs is 1. The Morgan fingerprint density at radius 3 is 2.61 bits per heavy atom. The summed E-state index contributed by atoms with van der Waals surface area (Å²) in [4.78, 5) is 21.6. The number of halogens is 4. The van der Waals surface area contributed by atoms with Gasteiger partial charge in [0.1, 0.15) is 11.5 Å². The van der Waals surface area contributed by atoms with Crippen molar-refractivity contribution in [1.82, 2.24) is 14.9 Å². The molecule has 28 heavy (non-hydrogen) atoms. The van der Waals surface area contributed by atoms with Crippen LogP contribution in [0.4, 0.5) is 17.6 Å². The maximum absolute atomic E-state index is 13.8. The molecule has 4 rings (SSSR count). The topological polar surface area (TPSA) is 49.0 Å². The van der Waals surface area contributed by atoms with Gasteiger partial charge in [0.15, 0.2) is 0 Å². The van der Waals surface area contributed by atoms with Gasteiger partial charge in [-0.15, -0.1) is 0 Å². The van der Waals surface area contributed by atoms with Crippen LogP contribution in [0.1, 0.15) is 40.2 Å². The second kappa shape index (κ2) is 6.92. The number of benzene rings is 1. The molecule has 0 unspecified atom stereocenters. The Morgan fingerprint density at radius 1 is 1.18 bits per heavy atom. The summed E-state index contributed by atoms with van der Waals surface area (Å²) in [6, 6.07) is 6.19. The molecule has 0 aliphatic carbocycles. The van der Waals surface area contributed by atoms with E-state index in [1.807, 2.05) is 18.3 Å². The van der Waals surface area contributed by atoms with Crippen LogP contribution in [0.3, 0.4) is 0 Å². The van der Waals surface area contributed by atoms with Crippen LogP contribution in [0.15, 0.2) is 42.7 Å². The van der Waals surface area contributed by atoms with Crippen LogP contribution in [0.5, 0.6) is 0 Å². The zero-order chi connectivity index (χ0) is 19.9. The van der Waals surface area contributed by atoms with Gasteiger partial charge in [-0.1, -0.05) is 0 Å². The van der Waals surface area contributed by atoms with Crippen molar-refractivity contribution >= 4 is 16.9 Å². The highest BCUT2D eigenvalue weighted by Gasteiger charge is 2.34. The summed E-state index contributed by atoms with van der Waals surface area (Å²) >= 11 is 0. The fraction of sp³-hybridized carbons (Fsp3) is 0.300. The average Bonchev–Trinajstić information content (AvgIpc) is 3.10. The second-order valence-electron chi connectivity index (χ2n) is 6.90. The third-order valence-electron chi connectivity index (χ3n) is 5.23. The molecule has 1 N–H and O–H groups in total. The smallest absolute Gasteiger partial charge is 0.346 e. The summed E-state index contributed by atoms with van der Waals surface area (Å²) < 4.78 is 51.8. The van der Waals surface area contributed by atoms with E-state index in [4.69, 9.17) is 0 Å². The second-order valence-corrected chi connectivity index (χ2v) is 6.90. The number of hydrogen-bond donors (Lipinski definition) is 1. The molecular formula is C20H17F4N3O. The van der Waals surface area contributed by atoms with E-state index < -0.39 is 23.5 Å². The van der Waals surface area contributed by atoms with E-state index in [1.54, 1.807) is 11.1 Å². The number of carbonyl (C=O) groups excluding carboxylic acids is 1. The third-order valence-corrected chi connectivity index (χ3v) is 5.23. The molecule has 1 aromatic carbocycles. The molecule has 3 heterocycles. The molecule has 1 aliphatic heterocycles. The quantitative estimate of drug-likeness (QED) is 0.642. The van der Waals surface area contributed by atoms with Gasteiger partial charge >= 0.3 is 6.18 Å². The first-order valence-electron chi connectivity index (χ1n) is 8.92. The number of aromatic amines is 1. The number of carbonyl (C=O) groups is 1. The van der Waals surface area contributed by atoms with E-state index in [-0.39, 0.29) is 11.5 Å². The number of pyridine rings is 1. The van der Waals surface area contributed by atoms with Gasteiger partial charge in [0.05, 0.1) is 5.56 Å². The van der Waals surface area contributed by atoms with Gasteiger partial charge < -0.3 is 9.88 Å². The van der Waals surface area contributed by atoms with Crippen LogP contribution in [-0.2, 0) is 6.18 Å². The average molecular weight is 391 g/mol. The van der Waals surface area contributed by atoms with E-state index in [0.717, 1.165) is 35.5 Å².